The van der Waals surface area contributed by atoms with E-state index in [-0.39, 0.29) is 10.8 Å². The molecule has 8 heteroatoms. The van der Waals surface area contributed by atoms with Crippen molar-refractivity contribution in [1.29, 1.82) is 0 Å². The van der Waals surface area contributed by atoms with Gasteiger partial charge in [-0.2, -0.15) is 0 Å². The van der Waals surface area contributed by atoms with E-state index in [9.17, 15) is 4.79 Å². The summed E-state index contributed by atoms with van der Waals surface area (Å²) >= 11 is 2.97. The predicted octanol–water partition coefficient (Wildman–Crippen LogP) is 5.16. The minimum Gasteiger partial charge on any atom is -0.419 e. The first-order valence-electron chi connectivity index (χ1n) is 9.16. The normalized spacial score (nSPS) is 12.4. The van der Waals surface area contributed by atoms with Crippen LogP contribution in [0.5, 0.6) is 0 Å². The summed E-state index contributed by atoms with van der Waals surface area (Å²) in [4.78, 5) is 19.7. The molecule has 0 bridgehead atoms. The highest BCUT2D eigenvalue weighted by Gasteiger charge is 2.21. The molecule has 0 saturated heterocycles. The maximum Gasteiger partial charge on any atom is 0.263 e. The number of aromatic nitrogens is 4. The second-order valence-corrected chi connectivity index (χ2v) is 9.14. The molecule has 0 radical (unpaired) electrons. The van der Waals surface area contributed by atoms with Crippen LogP contribution in [0.3, 0.4) is 0 Å². The number of thioether (sulfide) groups is 1. The quantitative estimate of drug-likeness (QED) is 0.242. The van der Waals surface area contributed by atoms with Gasteiger partial charge in [0.1, 0.15) is 4.83 Å². The average Bonchev–Trinajstić information content (AvgIpc) is 3.31. The molecule has 1 atom stereocenters. The molecular formula is C21H20N4O2S2. The summed E-state index contributed by atoms with van der Waals surface area (Å²) < 4.78 is 7.53. The van der Waals surface area contributed by atoms with Gasteiger partial charge in [0, 0.05) is 17.0 Å². The SMILES string of the molecule is C=CCn1c(S[C@H](C)c2nnc(-c3ccccc3)o2)nc2sc(C)c(C)c2c1=O. The van der Waals surface area contributed by atoms with Gasteiger partial charge in [0.15, 0.2) is 5.16 Å². The van der Waals surface area contributed by atoms with Crippen LogP contribution >= 0.6 is 23.1 Å². The Balaban J connectivity index is 1.70. The molecule has 0 unspecified atom stereocenters. The number of allylic oxidation sites excluding steroid dienone is 1. The lowest BCUT2D eigenvalue weighted by Gasteiger charge is -2.12. The number of rotatable bonds is 6. The van der Waals surface area contributed by atoms with Crippen molar-refractivity contribution < 1.29 is 4.42 Å². The standard InChI is InChI=1S/C21H20N4O2S2/c1-5-11-25-20(26)16-12(2)13(3)28-19(16)22-21(25)29-14(4)17-23-24-18(27-17)15-9-7-6-8-10-15/h5-10,14H,1,11H2,2-4H3/t14-/m1/s1. The number of aryl methyl sites for hydroxylation is 2. The van der Waals surface area contributed by atoms with Crippen molar-refractivity contribution in [1.82, 2.24) is 19.7 Å². The summed E-state index contributed by atoms with van der Waals surface area (Å²) in [6.45, 7) is 10.1. The van der Waals surface area contributed by atoms with E-state index < -0.39 is 0 Å². The molecule has 0 N–H and O–H groups in total. The summed E-state index contributed by atoms with van der Waals surface area (Å²) in [7, 11) is 0. The van der Waals surface area contributed by atoms with E-state index in [0.717, 1.165) is 20.8 Å². The molecule has 0 aliphatic heterocycles. The van der Waals surface area contributed by atoms with Gasteiger partial charge in [-0.25, -0.2) is 4.98 Å². The van der Waals surface area contributed by atoms with Gasteiger partial charge in [0.2, 0.25) is 11.8 Å². The molecule has 0 aliphatic rings. The third-order valence-electron chi connectivity index (χ3n) is 4.66. The van der Waals surface area contributed by atoms with Crippen molar-refractivity contribution in [2.45, 2.75) is 37.7 Å². The molecule has 3 aromatic heterocycles. The summed E-state index contributed by atoms with van der Waals surface area (Å²) in [6, 6.07) is 9.64. The van der Waals surface area contributed by atoms with Crippen LogP contribution < -0.4 is 5.56 Å². The summed E-state index contributed by atoms with van der Waals surface area (Å²) in [5.74, 6) is 0.969. The Bertz CT molecular complexity index is 1240. The molecule has 1 aromatic carbocycles. The lowest BCUT2D eigenvalue weighted by Crippen LogP contribution is -2.22. The zero-order chi connectivity index (χ0) is 20.5. The Morgan fingerprint density at radius 3 is 2.76 bits per heavy atom. The predicted molar refractivity (Wildman–Crippen MR) is 118 cm³/mol. The van der Waals surface area contributed by atoms with Crippen molar-refractivity contribution in [3.63, 3.8) is 0 Å². The van der Waals surface area contributed by atoms with E-state index in [1.807, 2.05) is 51.1 Å². The van der Waals surface area contributed by atoms with Gasteiger partial charge in [-0.15, -0.1) is 28.1 Å². The molecule has 3 heterocycles. The minimum absolute atomic E-state index is 0.0399. The van der Waals surface area contributed by atoms with E-state index in [0.29, 0.717) is 28.9 Å². The lowest BCUT2D eigenvalue weighted by molar-refractivity contribution is 0.508. The van der Waals surface area contributed by atoms with E-state index >= 15 is 0 Å². The van der Waals surface area contributed by atoms with Crippen LogP contribution in [0.15, 0.2) is 57.4 Å². The van der Waals surface area contributed by atoms with Crippen molar-refractivity contribution in [2.75, 3.05) is 0 Å². The second-order valence-electron chi connectivity index (χ2n) is 6.63. The van der Waals surface area contributed by atoms with Crippen molar-refractivity contribution in [3.05, 3.63) is 69.7 Å². The van der Waals surface area contributed by atoms with Crippen LogP contribution in [-0.4, -0.2) is 19.7 Å². The van der Waals surface area contributed by atoms with Gasteiger partial charge in [-0.05, 0) is 38.5 Å². The fourth-order valence-electron chi connectivity index (χ4n) is 2.99. The van der Waals surface area contributed by atoms with Crippen LogP contribution in [0.4, 0.5) is 0 Å². The highest BCUT2D eigenvalue weighted by molar-refractivity contribution is 7.99. The number of hydrogen-bond acceptors (Lipinski definition) is 7. The molecule has 0 fully saturated rings. The van der Waals surface area contributed by atoms with E-state index in [1.54, 1.807) is 22.0 Å². The van der Waals surface area contributed by atoms with Crippen molar-refractivity contribution in [2.24, 2.45) is 0 Å². The molecular weight excluding hydrogens is 404 g/mol. The zero-order valence-electron chi connectivity index (χ0n) is 16.4. The number of fused-ring (bicyclic) bond motifs is 1. The van der Waals surface area contributed by atoms with Gasteiger partial charge >= 0.3 is 0 Å². The van der Waals surface area contributed by atoms with Gasteiger partial charge in [-0.3, -0.25) is 9.36 Å². The number of benzene rings is 1. The fraction of sp³-hybridized carbons (Fsp3) is 0.238. The van der Waals surface area contributed by atoms with Crippen LogP contribution in [0.25, 0.3) is 21.7 Å². The molecule has 6 nitrogen and oxygen atoms in total. The lowest BCUT2D eigenvalue weighted by atomic mass is 10.2. The molecule has 29 heavy (non-hydrogen) atoms. The first-order valence-corrected chi connectivity index (χ1v) is 10.9. The summed E-state index contributed by atoms with van der Waals surface area (Å²) in [5, 5.41) is 9.50. The van der Waals surface area contributed by atoms with E-state index in [2.05, 4.69) is 16.8 Å². The molecule has 0 saturated carbocycles. The third kappa shape index (κ3) is 3.65. The van der Waals surface area contributed by atoms with Gasteiger partial charge in [0.05, 0.1) is 10.6 Å². The van der Waals surface area contributed by atoms with Crippen molar-refractivity contribution in [3.8, 4) is 11.5 Å². The maximum absolute atomic E-state index is 13.1. The van der Waals surface area contributed by atoms with Crippen LogP contribution in [0, 0.1) is 13.8 Å². The average molecular weight is 425 g/mol. The zero-order valence-corrected chi connectivity index (χ0v) is 18.0. The molecule has 0 spiro atoms. The Labute approximate surface area is 176 Å². The molecule has 4 aromatic rings. The van der Waals surface area contributed by atoms with Crippen LogP contribution in [0.2, 0.25) is 0 Å². The van der Waals surface area contributed by atoms with Crippen LogP contribution in [-0.2, 0) is 6.54 Å². The largest absolute Gasteiger partial charge is 0.419 e. The summed E-state index contributed by atoms with van der Waals surface area (Å²) in [6.07, 6.45) is 1.71. The maximum atomic E-state index is 13.1. The smallest absolute Gasteiger partial charge is 0.263 e. The number of thiophene rings is 1. The molecule has 148 valence electrons. The van der Waals surface area contributed by atoms with Gasteiger partial charge in [0.25, 0.3) is 5.56 Å². The molecule has 0 aliphatic carbocycles. The first-order chi connectivity index (χ1) is 14.0. The minimum atomic E-state index is -0.164. The molecule has 4 rings (SSSR count). The Hall–Kier alpha value is -2.71. The Morgan fingerprint density at radius 1 is 1.28 bits per heavy atom. The van der Waals surface area contributed by atoms with E-state index in [4.69, 9.17) is 9.40 Å². The fourth-order valence-corrected chi connectivity index (χ4v) is 5.01. The van der Waals surface area contributed by atoms with Crippen molar-refractivity contribution >= 4 is 33.3 Å². The number of nitrogens with zero attached hydrogens (tertiary/aromatic N) is 4. The van der Waals surface area contributed by atoms with Gasteiger partial charge in [-0.1, -0.05) is 36.0 Å². The monoisotopic (exact) mass is 424 g/mol. The number of hydrogen-bond donors (Lipinski definition) is 0. The first kappa shape index (κ1) is 19.6. The topological polar surface area (TPSA) is 73.8 Å². The Kier molecular flexibility index (Phi) is 5.38. The highest BCUT2D eigenvalue weighted by atomic mass is 32.2. The third-order valence-corrected chi connectivity index (χ3v) is 6.84. The highest BCUT2D eigenvalue weighted by Crippen LogP contribution is 2.36. The van der Waals surface area contributed by atoms with Gasteiger partial charge < -0.3 is 4.42 Å². The molecule has 0 amide bonds. The van der Waals surface area contributed by atoms with Crippen LogP contribution in [0.1, 0.15) is 28.5 Å². The van der Waals surface area contributed by atoms with E-state index in [1.165, 1.54) is 11.8 Å². The summed E-state index contributed by atoms with van der Waals surface area (Å²) in [5.41, 5.74) is 1.83. The Morgan fingerprint density at radius 2 is 2.03 bits per heavy atom. The second kappa shape index (κ2) is 7.96.